The van der Waals surface area contributed by atoms with Crippen molar-refractivity contribution in [2.75, 3.05) is 13.1 Å². The molecule has 1 fully saturated rings. The Morgan fingerprint density at radius 3 is 2.50 bits per heavy atom. The van der Waals surface area contributed by atoms with E-state index in [-0.39, 0.29) is 10.2 Å². The molecule has 0 unspecified atom stereocenters. The zero-order valence-corrected chi connectivity index (χ0v) is 9.22. The average Bonchev–Trinajstić information content (AvgIpc) is 2.28. The van der Waals surface area contributed by atoms with Gasteiger partial charge in [-0.05, 0) is 6.42 Å². The molecule has 0 radical (unpaired) electrons. The lowest BCUT2D eigenvalue weighted by Gasteiger charge is -2.28. The normalized spacial score (nSPS) is 18.1. The van der Waals surface area contributed by atoms with Gasteiger partial charge in [0.15, 0.2) is 0 Å². The first kappa shape index (κ1) is 9.95. The molecule has 5 nitrogen and oxygen atoms in total. The van der Waals surface area contributed by atoms with Crippen molar-refractivity contribution in [1.82, 2.24) is 13.9 Å². The van der Waals surface area contributed by atoms with Gasteiger partial charge in [-0.25, -0.2) is 13.4 Å². The van der Waals surface area contributed by atoms with E-state index < -0.39 is 10.0 Å². The van der Waals surface area contributed by atoms with E-state index in [1.165, 1.54) is 15.2 Å². The molecule has 7 heteroatoms. The first-order valence-corrected chi connectivity index (χ1v) is 6.02. The number of hydrogen-bond donors (Lipinski definition) is 0. The van der Waals surface area contributed by atoms with Crippen molar-refractivity contribution in [2.45, 2.75) is 11.4 Å². The lowest BCUT2D eigenvalue weighted by molar-refractivity contribution is 0.308. The number of rotatable bonds is 2. The lowest BCUT2D eigenvalue weighted by Crippen LogP contribution is -2.42. The van der Waals surface area contributed by atoms with Crippen LogP contribution in [0.1, 0.15) is 6.42 Å². The van der Waals surface area contributed by atoms with Crippen LogP contribution in [0.3, 0.4) is 0 Å². The minimum atomic E-state index is -3.44. The third-order valence-corrected chi connectivity index (χ3v) is 4.62. The standard InChI is InChI=1S/C7H10ClN3O2S/c1-10-5-9-7(6(10)8)14(12,13)11-3-2-4-11/h5H,2-4H2,1H3. The monoisotopic (exact) mass is 235 g/mol. The van der Waals surface area contributed by atoms with Crippen molar-refractivity contribution in [2.24, 2.45) is 7.05 Å². The van der Waals surface area contributed by atoms with Crippen molar-refractivity contribution in [3.05, 3.63) is 11.5 Å². The molecule has 0 aliphatic carbocycles. The van der Waals surface area contributed by atoms with Gasteiger partial charge in [-0.1, -0.05) is 11.6 Å². The molecule has 0 spiro atoms. The van der Waals surface area contributed by atoms with E-state index in [1.807, 2.05) is 0 Å². The van der Waals surface area contributed by atoms with Crippen LogP contribution in [0.25, 0.3) is 0 Å². The van der Waals surface area contributed by atoms with E-state index >= 15 is 0 Å². The Labute approximate surface area is 87.3 Å². The molecular formula is C7H10ClN3O2S. The highest BCUT2D eigenvalue weighted by Crippen LogP contribution is 2.25. The molecule has 0 saturated carbocycles. The van der Waals surface area contributed by atoms with Crippen LogP contribution in [-0.2, 0) is 17.1 Å². The second-order valence-electron chi connectivity index (χ2n) is 3.21. The fraction of sp³-hybridized carbons (Fsp3) is 0.571. The fourth-order valence-electron chi connectivity index (χ4n) is 1.22. The van der Waals surface area contributed by atoms with Gasteiger partial charge in [0, 0.05) is 20.1 Å². The predicted octanol–water partition coefficient (Wildman–Crippen LogP) is 0.468. The summed E-state index contributed by atoms with van der Waals surface area (Å²) in [5.74, 6) is 0. The summed E-state index contributed by atoms with van der Waals surface area (Å²) >= 11 is 5.81. The summed E-state index contributed by atoms with van der Waals surface area (Å²) in [5.41, 5.74) is 0. The van der Waals surface area contributed by atoms with E-state index in [2.05, 4.69) is 4.98 Å². The maximum absolute atomic E-state index is 11.8. The van der Waals surface area contributed by atoms with Crippen LogP contribution in [0.4, 0.5) is 0 Å². The third-order valence-electron chi connectivity index (χ3n) is 2.23. The van der Waals surface area contributed by atoms with Crippen LogP contribution < -0.4 is 0 Å². The summed E-state index contributed by atoms with van der Waals surface area (Å²) in [6.07, 6.45) is 2.30. The smallest absolute Gasteiger partial charge is 0.263 e. The third kappa shape index (κ3) is 1.34. The first-order valence-electron chi connectivity index (χ1n) is 4.20. The minimum Gasteiger partial charge on any atom is -0.324 e. The quantitative estimate of drug-likeness (QED) is 0.749. The highest BCUT2D eigenvalue weighted by Gasteiger charge is 2.33. The molecule has 78 valence electrons. The maximum atomic E-state index is 11.8. The van der Waals surface area contributed by atoms with Crippen LogP contribution in [0.2, 0.25) is 5.15 Å². The zero-order chi connectivity index (χ0) is 10.3. The number of aromatic nitrogens is 2. The number of imidazole rings is 1. The van der Waals surface area contributed by atoms with Gasteiger partial charge in [0.1, 0.15) is 5.15 Å². The van der Waals surface area contributed by atoms with E-state index in [0.717, 1.165) is 6.42 Å². The molecule has 0 aromatic carbocycles. The summed E-state index contributed by atoms with van der Waals surface area (Å²) in [6.45, 7) is 1.13. The molecule has 0 atom stereocenters. The Hall–Kier alpha value is -0.590. The molecule has 1 aromatic rings. The Morgan fingerprint density at radius 1 is 1.50 bits per heavy atom. The summed E-state index contributed by atoms with van der Waals surface area (Å²) in [7, 11) is -1.79. The molecule has 1 saturated heterocycles. The molecule has 1 aliphatic heterocycles. The van der Waals surface area contributed by atoms with Gasteiger partial charge in [-0.15, -0.1) is 0 Å². The van der Waals surface area contributed by atoms with Gasteiger partial charge in [-0.2, -0.15) is 4.31 Å². The topological polar surface area (TPSA) is 55.2 Å². The molecule has 2 rings (SSSR count). The molecule has 1 aromatic heterocycles. The van der Waals surface area contributed by atoms with E-state index in [0.29, 0.717) is 13.1 Å². The van der Waals surface area contributed by atoms with Crippen molar-refractivity contribution in [3.8, 4) is 0 Å². The number of nitrogens with zero attached hydrogens (tertiary/aromatic N) is 3. The van der Waals surface area contributed by atoms with Crippen LogP contribution in [0.5, 0.6) is 0 Å². The molecule has 2 heterocycles. The maximum Gasteiger partial charge on any atom is 0.263 e. The van der Waals surface area contributed by atoms with Crippen molar-refractivity contribution in [3.63, 3.8) is 0 Å². The zero-order valence-electron chi connectivity index (χ0n) is 7.64. The average molecular weight is 236 g/mol. The second kappa shape index (κ2) is 3.22. The second-order valence-corrected chi connectivity index (χ2v) is 5.42. The Kier molecular flexibility index (Phi) is 2.29. The van der Waals surface area contributed by atoms with Crippen molar-refractivity contribution in [1.29, 1.82) is 0 Å². The molecular weight excluding hydrogens is 226 g/mol. The highest BCUT2D eigenvalue weighted by molar-refractivity contribution is 7.89. The molecule has 0 amide bonds. The Morgan fingerprint density at radius 2 is 2.14 bits per heavy atom. The van der Waals surface area contributed by atoms with Gasteiger partial charge in [0.2, 0.25) is 5.03 Å². The predicted molar refractivity (Wildman–Crippen MR) is 51.6 cm³/mol. The van der Waals surface area contributed by atoms with Crippen molar-refractivity contribution < 1.29 is 8.42 Å². The van der Waals surface area contributed by atoms with Crippen LogP contribution >= 0.6 is 11.6 Å². The largest absolute Gasteiger partial charge is 0.324 e. The van der Waals surface area contributed by atoms with Gasteiger partial charge in [0.05, 0.1) is 6.33 Å². The lowest BCUT2D eigenvalue weighted by atomic mass is 10.3. The van der Waals surface area contributed by atoms with Gasteiger partial charge >= 0.3 is 0 Å². The number of sulfonamides is 1. The van der Waals surface area contributed by atoms with Crippen molar-refractivity contribution >= 4 is 21.6 Å². The van der Waals surface area contributed by atoms with Crippen LogP contribution in [0, 0.1) is 0 Å². The summed E-state index contributed by atoms with van der Waals surface area (Å²) in [5, 5.41) is 0.123. The van der Waals surface area contributed by atoms with E-state index in [4.69, 9.17) is 11.6 Å². The molecule has 0 N–H and O–H groups in total. The number of halogens is 1. The van der Waals surface area contributed by atoms with Crippen LogP contribution in [0.15, 0.2) is 11.4 Å². The minimum absolute atomic E-state index is 0.0404. The number of hydrogen-bond acceptors (Lipinski definition) is 3. The molecule has 0 bridgehead atoms. The van der Waals surface area contributed by atoms with Crippen LogP contribution in [-0.4, -0.2) is 35.4 Å². The van der Waals surface area contributed by atoms with E-state index in [1.54, 1.807) is 7.05 Å². The van der Waals surface area contributed by atoms with Gasteiger partial charge < -0.3 is 4.57 Å². The summed E-state index contributed by atoms with van der Waals surface area (Å²) in [6, 6.07) is 0. The Bertz CT molecular complexity index is 450. The van der Waals surface area contributed by atoms with Gasteiger partial charge in [0.25, 0.3) is 10.0 Å². The molecule has 1 aliphatic rings. The SMILES string of the molecule is Cn1cnc(S(=O)(=O)N2CCC2)c1Cl. The fourth-order valence-corrected chi connectivity index (χ4v) is 3.12. The first-order chi connectivity index (χ1) is 6.53. The Balaban J connectivity index is 2.43. The number of aryl methyl sites for hydroxylation is 1. The summed E-state index contributed by atoms with van der Waals surface area (Å²) < 4.78 is 26.5. The van der Waals surface area contributed by atoms with Gasteiger partial charge in [-0.3, -0.25) is 0 Å². The summed E-state index contributed by atoms with van der Waals surface area (Å²) in [4.78, 5) is 3.79. The molecule has 14 heavy (non-hydrogen) atoms. The highest BCUT2D eigenvalue weighted by atomic mass is 35.5. The van der Waals surface area contributed by atoms with E-state index in [9.17, 15) is 8.42 Å².